The van der Waals surface area contributed by atoms with Crippen molar-refractivity contribution < 1.29 is 22.1 Å². The third kappa shape index (κ3) is 8.56. The highest BCUT2D eigenvalue weighted by molar-refractivity contribution is 14.0. The number of aliphatic imine (C=N–C) groups is 1. The minimum Gasteiger partial charge on any atom is -0.475 e. The number of alkyl halides is 3. The molecule has 1 saturated carbocycles. The number of ether oxygens (including phenoxy) is 1. The lowest BCUT2D eigenvalue weighted by atomic mass is 9.95. The summed E-state index contributed by atoms with van der Waals surface area (Å²) >= 11 is 0. The summed E-state index contributed by atoms with van der Waals surface area (Å²) in [6.45, 7) is 4.68. The second-order valence-corrected chi connectivity index (χ2v) is 8.77. The summed E-state index contributed by atoms with van der Waals surface area (Å²) in [5.74, 6) is 0.808. The lowest BCUT2D eigenvalue weighted by Crippen LogP contribution is -2.46. The van der Waals surface area contributed by atoms with Crippen LogP contribution in [0.2, 0.25) is 0 Å². The average Bonchev–Trinajstić information content (AvgIpc) is 2.70. The molecule has 2 N–H and O–H groups in total. The van der Waals surface area contributed by atoms with Gasteiger partial charge in [0.1, 0.15) is 12.2 Å². The molecule has 0 saturated heterocycles. The summed E-state index contributed by atoms with van der Waals surface area (Å²) in [7, 11) is -0.809. The molecule has 1 aliphatic carbocycles. The van der Waals surface area contributed by atoms with Gasteiger partial charge in [0.2, 0.25) is 5.88 Å². The van der Waals surface area contributed by atoms with Crippen LogP contribution in [0.1, 0.15) is 45.1 Å². The monoisotopic (exact) mass is 562 g/mol. The number of hydrogen-bond donors (Lipinski definition) is 2. The van der Waals surface area contributed by atoms with E-state index >= 15 is 0 Å². The van der Waals surface area contributed by atoms with E-state index in [-0.39, 0.29) is 48.4 Å². The SMILES string of the molecule is CCNC(=NCCOc1ncccc1C(F)(F)F)NC1CCCC(S(=O)CC)C1.I. The minimum atomic E-state index is -4.51. The first kappa shape index (κ1) is 26.9. The topological polar surface area (TPSA) is 75.6 Å². The van der Waals surface area contributed by atoms with Crippen molar-refractivity contribution in [2.45, 2.75) is 57.0 Å². The molecule has 1 aromatic heterocycles. The Bertz CT molecular complexity index is 707. The number of nitrogens with one attached hydrogen (secondary N) is 2. The van der Waals surface area contributed by atoms with E-state index in [1.54, 1.807) is 0 Å². The highest BCUT2D eigenvalue weighted by Gasteiger charge is 2.35. The quantitative estimate of drug-likeness (QED) is 0.219. The van der Waals surface area contributed by atoms with E-state index in [1.807, 2.05) is 13.8 Å². The lowest BCUT2D eigenvalue weighted by molar-refractivity contribution is -0.139. The van der Waals surface area contributed by atoms with Crippen molar-refractivity contribution >= 4 is 40.7 Å². The molecular formula is C19H30F3IN4O2S. The first-order valence-electron chi connectivity index (χ1n) is 9.92. The number of guanidine groups is 1. The number of halogens is 4. The van der Waals surface area contributed by atoms with Gasteiger partial charge in [0.15, 0.2) is 5.96 Å². The molecule has 1 heterocycles. The van der Waals surface area contributed by atoms with Crippen LogP contribution in [-0.2, 0) is 17.0 Å². The fourth-order valence-electron chi connectivity index (χ4n) is 3.29. The zero-order chi connectivity index (χ0) is 21.3. The molecule has 3 unspecified atom stereocenters. The normalized spacial score (nSPS) is 20.8. The van der Waals surface area contributed by atoms with Gasteiger partial charge in [-0.1, -0.05) is 13.3 Å². The summed E-state index contributed by atoms with van der Waals surface area (Å²) in [6, 6.07) is 2.34. The van der Waals surface area contributed by atoms with Crippen LogP contribution in [0.3, 0.4) is 0 Å². The molecule has 1 aliphatic rings. The second kappa shape index (κ2) is 13.3. The summed E-state index contributed by atoms with van der Waals surface area (Å²) < 4.78 is 56.2. The van der Waals surface area contributed by atoms with Crippen molar-refractivity contribution in [3.63, 3.8) is 0 Å². The molecule has 2 rings (SSSR count). The van der Waals surface area contributed by atoms with Crippen molar-refractivity contribution in [2.75, 3.05) is 25.4 Å². The van der Waals surface area contributed by atoms with Gasteiger partial charge in [-0.2, -0.15) is 13.2 Å². The Morgan fingerprint density at radius 3 is 2.80 bits per heavy atom. The molecule has 0 spiro atoms. The zero-order valence-electron chi connectivity index (χ0n) is 17.2. The van der Waals surface area contributed by atoms with Crippen molar-refractivity contribution in [2.24, 2.45) is 4.99 Å². The summed E-state index contributed by atoms with van der Waals surface area (Å²) in [6.07, 6.45) is 0.534. The van der Waals surface area contributed by atoms with Gasteiger partial charge >= 0.3 is 6.18 Å². The molecule has 0 bridgehead atoms. The highest BCUT2D eigenvalue weighted by atomic mass is 127. The smallest absolute Gasteiger partial charge is 0.421 e. The maximum atomic E-state index is 13.0. The Morgan fingerprint density at radius 2 is 2.13 bits per heavy atom. The molecule has 1 aromatic rings. The zero-order valence-corrected chi connectivity index (χ0v) is 20.4. The van der Waals surface area contributed by atoms with Crippen LogP contribution in [0.15, 0.2) is 23.3 Å². The van der Waals surface area contributed by atoms with Crippen LogP contribution in [0.5, 0.6) is 5.88 Å². The maximum Gasteiger partial charge on any atom is 0.421 e. The summed E-state index contributed by atoms with van der Waals surface area (Å²) in [5.41, 5.74) is -0.897. The standard InChI is InChI=1S/C19H29F3N4O2S.HI/c1-3-23-18(26-14-7-5-8-15(13-14)29(27)4-2)25-11-12-28-17-16(19(20,21)22)9-6-10-24-17;/h6,9-10,14-15H,3-5,7-8,11-13H2,1-2H3,(H2,23,25,26);1H. The second-order valence-electron chi connectivity index (χ2n) is 6.76. The van der Waals surface area contributed by atoms with Crippen molar-refractivity contribution in [1.82, 2.24) is 15.6 Å². The van der Waals surface area contributed by atoms with E-state index < -0.39 is 28.4 Å². The maximum absolute atomic E-state index is 13.0. The number of aromatic nitrogens is 1. The molecule has 1 fully saturated rings. The van der Waals surface area contributed by atoms with Crippen LogP contribution >= 0.6 is 24.0 Å². The van der Waals surface area contributed by atoms with Gasteiger partial charge < -0.3 is 15.4 Å². The first-order chi connectivity index (χ1) is 13.8. The summed E-state index contributed by atoms with van der Waals surface area (Å²) in [4.78, 5) is 8.06. The number of pyridine rings is 1. The van der Waals surface area contributed by atoms with E-state index in [0.29, 0.717) is 18.3 Å². The third-order valence-electron chi connectivity index (χ3n) is 4.64. The Hall–Kier alpha value is -1.11. The van der Waals surface area contributed by atoms with Gasteiger partial charge in [-0.05, 0) is 38.3 Å². The number of nitrogens with zero attached hydrogens (tertiary/aromatic N) is 2. The predicted octanol–water partition coefficient (Wildman–Crippen LogP) is 3.73. The Labute approximate surface area is 195 Å². The molecule has 0 radical (unpaired) electrons. The average molecular weight is 562 g/mol. The van der Waals surface area contributed by atoms with Crippen LogP contribution in [-0.4, -0.2) is 51.9 Å². The molecule has 11 heteroatoms. The van der Waals surface area contributed by atoms with E-state index in [9.17, 15) is 17.4 Å². The predicted molar refractivity (Wildman–Crippen MR) is 124 cm³/mol. The molecule has 172 valence electrons. The first-order valence-corrected chi connectivity index (χ1v) is 11.3. The van der Waals surface area contributed by atoms with E-state index in [2.05, 4.69) is 20.6 Å². The minimum absolute atomic E-state index is 0. The molecule has 0 aliphatic heterocycles. The van der Waals surface area contributed by atoms with Gasteiger partial charge in [0.25, 0.3) is 0 Å². The number of rotatable bonds is 8. The van der Waals surface area contributed by atoms with Crippen molar-refractivity contribution in [3.05, 3.63) is 23.9 Å². The van der Waals surface area contributed by atoms with Gasteiger partial charge in [-0.15, -0.1) is 24.0 Å². The molecule has 0 amide bonds. The van der Waals surface area contributed by atoms with Gasteiger partial charge in [0.05, 0.1) is 6.54 Å². The third-order valence-corrected chi connectivity index (χ3v) is 6.38. The fourth-order valence-corrected chi connectivity index (χ4v) is 4.63. The summed E-state index contributed by atoms with van der Waals surface area (Å²) in [5, 5.41) is 6.68. The largest absolute Gasteiger partial charge is 0.475 e. The Morgan fingerprint density at radius 1 is 1.37 bits per heavy atom. The molecule has 0 aromatic carbocycles. The van der Waals surface area contributed by atoms with Crippen LogP contribution < -0.4 is 15.4 Å². The van der Waals surface area contributed by atoms with Crippen molar-refractivity contribution in [1.29, 1.82) is 0 Å². The molecule has 3 atom stereocenters. The molecular weight excluding hydrogens is 532 g/mol. The van der Waals surface area contributed by atoms with E-state index in [0.717, 1.165) is 31.7 Å². The van der Waals surface area contributed by atoms with E-state index in [4.69, 9.17) is 4.74 Å². The lowest BCUT2D eigenvalue weighted by Gasteiger charge is -2.30. The van der Waals surface area contributed by atoms with Crippen LogP contribution in [0.25, 0.3) is 0 Å². The van der Waals surface area contributed by atoms with Crippen molar-refractivity contribution in [3.8, 4) is 5.88 Å². The van der Waals surface area contributed by atoms with Crippen LogP contribution in [0, 0.1) is 0 Å². The van der Waals surface area contributed by atoms with Crippen LogP contribution in [0.4, 0.5) is 13.2 Å². The van der Waals surface area contributed by atoms with Gasteiger partial charge in [-0.3, -0.25) is 4.21 Å². The molecule has 30 heavy (non-hydrogen) atoms. The van der Waals surface area contributed by atoms with Gasteiger partial charge in [-0.25, -0.2) is 9.98 Å². The highest BCUT2D eigenvalue weighted by Crippen LogP contribution is 2.34. The Balaban J connectivity index is 0.00000450. The number of hydrogen-bond acceptors (Lipinski definition) is 4. The molecule has 6 nitrogen and oxygen atoms in total. The Kier molecular flexibility index (Phi) is 12.0. The fraction of sp³-hybridized carbons (Fsp3) is 0.684. The van der Waals surface area contributed by atoms with E-state index in [1.165, 1.54) is 12.3 Å². The van der Waals surface area contributed by atoms with Gasteiger partial charge in [0, 0.05) is 40.6 Å².